The number of nitrogens with zero attached hydrogens (tertiary/aromatic N) is 2. The second kappa shape index (κ2) is 8.26. The molecule has 0 aliphatic carbocycles. The summed E-state index contributed by atoms with van der Waals surface area (Å²) in [5.74, 6) is -0.249. The highest BCUT2D eigenvalue weighted by Gasteiger charge is 2.17. The van der Waals surface area contributed by atoms with Gasteiger partial charge in [-0.05, 0) is 37.1 Å². The third-order valence-electron chi connectivity index (χ3n) is 3.81. The van der Waals surface area contributed by atoms with E-state index in [9.17, 15) is 13.2 Å². The van der Waals surface area contributed by atoms with E-state index in [4.69, 9.17) is 0 Å². The lowest BCUT2D eigenvalue weighted by Crippen LogP contribution is -2.28. The van der Waals surface area contributed by atoms with Crippen molar-refractivity contribution in [1.29, 1.82) is 0 Å². The molecule has 2 N–H and O–H groups in total. The lowest BCUT2D eigenvalue weighted by atomic mass is 10.1. The smallest absolute Gasteiger partial charge is 0.251 e. The monoisotopic (exact) mass is 364 g/mol. The molecular weight excluding hydrogens is 340 g/mol. The van der Waals surface area contributed by atoms with Crippen LogP contribution in [-0.4, -0.2) is 30.7 Å². The molecule has 0 spiro atoms. The van der Waals surface area contributed by atoms with E-state index in [-0.39, 0.29) is 16.8 Å². The molecule has 0 aliphatic rings. The molecule has 0 saturated carbocycles. The number of aryl methyl sites for hydroxylation is 1. The van der Waals surface area contributed by atoms with Crippen molar-refractivity contribution in [3.8, 4) is 0 Å². The number of rotatable bonds is 8. The molecule has 1 atom stereocenters. The highest BCUT2D eigenvalue weighted by molar-refractivity contribution is 7.89. The van der Waals surface area contributed by atoms with Crippen molar-refractivity contribution < 1.29 is 13.2 Å². The first-order chi connectivity index (χ1) is 11.9. The summed E-state index contributed by atoms with van der Waals surface area (Å²) in [5, 5.41) is 7.07. The average molecular weight is 364 g/mol. The van der Waals surface area contributed by atoms with Crippen LogP contribution >= 0.6 is 0 Å². The van der Waals surface area contributed by atoms with Gasteiger partial charge in [0.25, 0.3) is 5.91 Å². The number of hydrogen-bond acceptors (Lipinski definition) is 4. The number of amides is 1. The zero-order valence-electron chi connectivity index (χ0n) is 14.7. The summed E-state index contributed by atoms with van der Waals surface area (Å²) in [5.41, 5.74) is 1.35. The highest BCUT2D eigenvalue weighted by Crippen LogP contribution is 2.17. The van der Waals surface area contributed by atoms with Crippen LogP contribution in [0.5, 0.6) is 0 Å². The van der Waals surface area contributed by atoms with Gasteiger partial charge in [0.05, 0.1) is 17.1 Å². The second-order valence-corrected chi connectivity index (χ2v) is 7.57. The van der Waals surface area contributed by atoms with Gasteiger partial charge in [-0.25, -0.2) is 13.1 Å². The van der Waals surface area contributed by atoms with Gasteiger partial charge in [0.2, 0.25) is 10.0 Å². The van der Waals surface area contributed by atoms with Crippen LogP contribution in [0.3, 0.4) is 0 Å². The van der Waals surface area contributed by atoms with E-state index in [0.717, 1.165) is 12.0 Å². The Balaban J connectivity index is 2.09. The number of nitrogens with one attached hydrogen (secondary N) is 2. The molecule has 0 unspecified atom stereocenters. The zero-order valence-corrected chi connectivity index (χ0v) is 15.5. The van der Waals surface area contributed by atoms with Crippen molar-refractivity contribution in [2.24, 2.45) is 7.05 Å². The standard InChI is InChI=1S/C17H24N4O3S/c1-4-10-19-25(23,24)15-8-6-13(7-9-15)17(22)20-16(5-2)14-11-18-21(3)12-14/h6-9,11-12,16,19H,4-5,10H2,1-3H3,(H,20,22)/t16-/m1/s1. The molecule has 1 aromatic carbocycles. The van der Waals surface area contributed by atoms with Crippen molar-refractivity contribution in [3.63, 3.8) is 0 Å². The molecule has 1 aromatic heterocycles. The summed E-state index contributed by atoms with van der Waals surface area (Å²) in [6.07, 6.45) is 5.03. The fourth-order valence-corrected chi connectivity index (χ4v) is 3.52. The third kappa shape index (κ3) is 4.90. The van der Waals surface area contributed by atoms with Crippen LogP contribution in [0.2, 0.25) is 0 Å². The van der Waals surface area contributed by atoms with E-state index in [0.29, 0.717) is 18.5 Å². The van der Waals surface area contributed by atoms with E-state index in [1.54, 1.807) is 10.9 Å². The normalized spacial score (nSPS) is 12.8. The summed E-state index contributed by atoms with van der Waals surface area (Å²) in [7, 11) is -1.70. The van der Waals surface area contributed by atoms with Gasteiger partial charge >= 0.3 is 0 Å². The predicted octanol–water partition coefficient (Wildman–Crippen LogP) is 1.99. The van der Waals surface area contributed by atoms with Crippen LogP contribution in [0.4, 0.5) is 0 Å². The van der Waals surface area contributed by atoms with E-state index >= 15 is 0 Å². The molecule has 1 amide bonds. The van der Waals surface area contributed by atoms with Gasteiger partial charge in [0.1, 0.15) is 0 Å². The van der Waals surface area contributed by atoms with Crippen LogP contribution in [0, 0.1) is 0 Å². The van der Waals surface area contributed by atoms with Crippen LogP contribution < -0.4 is 10.0 Å². The molecule has 8 heteroatoms. The first kappa shape index (κ1) is 19.1. The van der Waals surface area contributed by atoms with Crippen molar-refractivity contribution in [3.05, 3.63) is 47.8 Å². The molecule has 0 aliphatic heterocycles. The van der Waals surface area contributed by atoms with E-state index in [1.165, 1.54) is 24.3 Å². The second-order valence-electron chi connectivity index (χ2n) is 5.80. The first-order valence-electron chi connectivity index (χ1n) is 8.26. The maximum Gasteiger partial charge on any atom is 0.251 e. The number of carbonyl (C=O) groups is 1. The predicted molar refractivity (Wildman–Crippen MR) is 95.6 cm³/mol. The number of aromatic nitrogens is 2. The van der Waals surface area contributed by atoms with E-state index < -0.39 is 10.0 Å². The molecule has 0 radical (unpaired) electrons. The molecule has 0 saturated heterocycles. The first-order valence-corrected chi connectivity index (χ1v) is 9.74. The lowest BCUT2D eigenvalue weighted by molar-refractivity contribution is 0.0935. The van der Waals surface area contributed by atoms with Gasteiger partial charge in [-0.1, -0.05) is 13.8 Å². The Morgan fingerprint density at radius 3 is 2.44 bits per heavy atom. The lowest BCUT2D eigenvalue weighted by Gasteiger charge is -2.15. The maximum absolute atomic E-state index is 12.4. The molecule has 2 aromatic rings. The highest BCUT2D eigenvalue weighted by atomic mass is 32.2. The molecule has 25 heavy (non-hydrogen) atoms. The molecule has 2 rings (SSSR count). The third-order valence-corrected chi connectivity index (χ3v) is 5.29. The largest absolute Gasteiger partial charge is 0.345 e. The number of hydrogen-bond donors (Lipinski definition) is 2. The Kier molecular flexibility index (Phi) is 6.33. The minimum atomic E-state index is -3.53. The minimum absolute atomic E-state index is 0.143. The Labute approximate surface area is 148 Å². The number of carbonyl (C=O) groups excluding carboxylic acids is 1. The van der Waals surface area contributed by atoms with Crippen LogP contribution in [0.15, 0.2) is 41.6 Å². The van der Waals surface area contributed by atoms with Gasteiger partial charge in [0, 0.05) is 30.9 Å². The molecule has 1 heterocycles. The Morgan fingerprint density at radius 1 is 1.24 bits per heavy atom. The SMILES string of the molecule is CCCNS(=O)(=O)c1ccc(C(=O)N[C@H](CC)c2cnn(C)c2)cc1. The molecule has 0 bridgehead atoms. The summed E-state index contributed by atoms with van der Waals surface area (Å²) in [6.45, 7) is 4.25. The van der Waals surface area contributed by atoms with Gasteiger partial charge in [0.15, 0.2) is 0 Å². The van der Waals surface area contributed by atoms with Gasteiger partial charge in [-0.2, -0.15) is 5.10 Å². The summed E-state index contributed by atoms with van der Waals surface area (Å²) in [4.78, 5) is 12.6. The molecule has 136 valence electrons. The van der Waals surface area contributed by atoms with Gasteiger partial charge in [-0.15, -0.1) is 0 Å². The van der Waals surface area contributed by atoms with E-state index in [2.05, 4.69) is 15.1 Å². The maximum atomic E-state index is 12.4. The Hall–Kier alpha value is -2.19. The number of benzene rings is 1. The van der Waals surface area contributed by atoms with Crippen LogP contribution in [0.25, 0.3) is 0 Å². The molecule has 0 fully saturated rings. The van der Waals surface area contributed by atoms with Crippen molar-refractivity contribution in [1.82, 2.24) is 19.8 Å². The summed E-state index contributed by atoms with van der Waals surface area (Å²) in [6, 6.07) is 5.78. The topological polar surface area (TPSA) is 93.1 Å². The number of sulfonamides is 1. The quantitative estimate of drug-likeness (QED) is 0.749. The molecule has 7 nitrogen and oxygen atoms in total. The summed E-state index contributed by atoms with van der Waals surface area (Å²) < 4.78 is 28.3. The summed E-state index contributed by atoms with van der Waals surface area (Å²) >= 11 is 0. The minimum Gasteiger partial charge on any atom is -0.345 e. The Bertz CT molecular complexity index is 813. The van der Waals surface area contributed by atoms with Gasteiger partial charge in [-0.3, -0.25) is 9.48 Å². The van der Waals surface area contributed by atoms with E-state index in [1.807, 2.05) is 27.1 Å². The van der Waals surface area contributed by atoms with Crippen molar-refractivity contribution in [2.45, 2.75) is 37.6 Å². The fourth-order valence-electron chi connectivity index (χ4n) is 2.39. The van der Waals surface area contributed by atoms with Crippen molar-refractivity contribution in [2.75, 3.05) is 6.54 Å². The van der Waals surface area contributed by atoms with Crippen LogP contribution in [0.1, 0.15) is 48.7 Å². The van der Waals surface area contributed by atoms with Crippen molar-refractivity contribution >= 4 is 15.9 Å². The average Bonchev–Trinajstić information content (AvgIpc) is 3.04. The van der Waals surface area contributed by atoms with Crippen LogP contribution in [-0.2, 0) is 17.1 Å². The Morgan fingerprint density at radius 2 is 1.92 bits per heavy atom. The fraction of sp³-hybridized carbons (Fsp3) is 0.412. The zero-order chi connectivity index (χ0) is 18.4. The molecular formula is C17H24N4O3S. The van der Waals surface area contributed by atoms with Gasteiger partial charge < -0.3 is 5.32 Å².